The summed E-state index contributed by atoms with van der Waals surface area (Å²) in [5.41, 5.74) is 1.12. The lowest BCUT2D eigenvalue weighted by Crippen LogP contribution is -2.29. The number of nitrogens with one attached hydrogen (secondary N) is 2. The Morgan fingerprint density at radius 1 is 1.44 bits per heavy atom. The van der Waals surface area contributed by atoms with Crippen LogP contribution in [-0.2, 0) is 0 Å². The van der Waals surface area contributed by atoms with Crippen LogP contribution in [0, 0.1) is 12.7 Å². The van der Waals surface area contributed by atoms with E-state index in [0.717, 1.165) is 12.8 Å². The maximum absolute atomic E-state index is 13.0. The Morgan fingerprint density at radius 3 is 2.81 bits per heavy atom. The molecule has 0 aliphatic carbocycles. The summed E-state index contributed by atoms with van der Waals surface area (Å²) in [6.07, 6.45) is 1.99. The molecule has 0 unspecified atom stereocenters. The van der Waals surface area contributed by atoms with Crippen LogP contribution in [0.5, 0.6) is 0 Å². The molecule has 0 saturated carbocycles. The standard InChI is InChI=1S/C12H17FN2O/c1-3-4-7-14-12(16)15-10-5-6-11(13)9(2)8-10/h5-6,8H,3-4,7H2,1-2H3,(H2,14,15,16). The first-order valence-electron chi connectivity index (χ1n) is 5.44. The van der Waals surface area contributed by atoms with Gasteiger partial charge in [0, 0.05) is 12.2 Å². The minimum absolute atomic E-state index is 0.251. The predicted molar refractivity (Wildman–Crippen MR) is 63.1 cm³/mol. The summed E-state index contributed by atoms with van der Waals surface area (Å²) in [6, 6.07) is 4.24. The first-order chi connectivity index (χ1) is 7.63. The monoisotopic (exact) mass is 224 g/mol. The normalized spacial score (nSPS) is 9.94. The van der Waals surface area contributed by atoms with E-state index in [1.54, 1.807) is 19.1 Å². The molecule has 0 bridgehead atoms. The molecule has 0 radical (unpaired) electrons. The van der Waals surface area contributed by atoms with Crippen molar-refractivity contribution in [2.24, 2.45) is 0 Å². The summed E-state index contributed by atoms with van der Waals surface area (Å²) in [7, 11) is 0. The zero-order valence-electron chi connectivity index (χ0n) is 9.64. The second-order valence-electron chi connectivity index (χ2n) is 3.70. The molecule has 2 amide bonds. The molecule has 0 aliphatic heterocycles. The highest BCUT2D eigenvalue weighted by Gasteiger charge is 2.02. The highest BCUT2D eigenvalue weighted by atomic mass is 19.1. The van der Waals surface area contributed by atoms with Crippen LogP contribution >= 0.6 is 0 Å². The van der Waals surface area contributed by atoms with Gasteiger partial charge in [-0.2, -0.15) is 0 Å². The third-order valence-electron chi connectivity index (χ3n) is 2.23. The molecule has 0 aromatic heterocycles. The number of urea groups is 1. The molecule has 16 heavy (non-hydrogen) atoms. The number of aryl methyl sites for hydroxylation is 1. The SMILES string of the molecule is CCCCNC(=O)Nc1ccc(F)c(C)c1. The Kier molecular flexibility index (Phi) is 4.76. The fourth-order valence-corrected chi connectivity index (χ4v) is 1.28. The number of unbranched alkanes of at least 4 members (excludes halogenated alkanes) is 1. The van der Waals surface area contributed by atoms with Gasteiger partial charge < -0.3 is 10.6 Å². The fraction of sp³-hybridized carbons (Fsp3) is 0.417. The number of hydrogen-bond donors (Lipinski definition) is 2. The summed E-state index contributed by atoms with van der Waals surface area (Å²) in [5, 5.41) is 5.37. The molecular formula is C12H17FN2O. The lowest BCUT2D eigenvalue weighted by molar-refractivity contribution is 0.252. The van der Waals surface area contributed by atoms with E-state index in [1.807, 2.05) is 0 Å². The molecule has 0 heterocycles. The maximum atomic E-state index is 13.0. The van der Waals surface area contributed by atoms with Crippen molar-refractivity contribution >= 4 is 11.7 Å². The van der Waals surface area contributed by atoms with E-state index >= 15 is 0 Å². The maximum Gasteiger partial charge on any atom is 0.319 e. The van der Waals surface area contributed by atoms with Gasteiger partial charge in [-0.25, -0.2) is 9.18 Å². The van der Waals surface area contributed by atoms with Gasteiger partial charge in [-0.3, -0.25) is 0 Å². The van der Waals surface area contributed by atoms with Gasteiger partial charge in [0.1, 0.15) is 5.82 Å². The van der Waals surface area contributed by atoms with Crippen molar-refractivity contribution in [3.05, 3.63) is 29.6 Å². The molecule has 4 heteroatoms. The van der Waals surface area contributed by atoms with Gasteiger partial charge in [-0.05, 0) is 37.1 Å². The molecule has 1 aromatic rings. The molecule has 88 valence electrons. The van der Waals surface area contributed by atoms with Crippen molar-refractivity contribution in [3.8, 4) is 0 Å². The molecular weight excluding hydrogens is 207 g/mol. The smallest absolute Gasteiger partial charge is 0.319 e. The van der Waals surface area contributed by atoms with Crippen molar-refractivity contribution in [1.29, 1.82) is 0 Å². The summed E-state index contributed by atoms with van der Waals surface area (Å²) >= 11 is 0. The Hall–Kier alpha value is -1.58. The first-order valence-corrected chi connectivity index (χ1v) is 5.44. The van der Waals surface area contributed by atoms with Crippen LogP contribution in [0.2, 0.25) is 0 Å². The van der Waals surface area contributed by atoms with Crippen molar-refractivity contribution in [3.63, 3.8) is 0 Å². The van der Waals surface area contributed by atoms with Gasteiger partial charge in [0.25, 0.3) is 0 Å². The van der Waals surface area contributed by atoms with Crippen LogP contribution in [0.25, 0.3) is 0 Å². The highest BCUT2D eigenvalue weighted by molar-refractivity contribution is 5.89. The van der Waals surface area contributed by atoms with Gasteiger partial charge in [0.15, 0.2) is 0 Å². The third kappa shape index (κ3) is 3.88. The van der Waals surface area contributed by atoms with E-state index in [0.29, 0.717) is 17.8 Å². The number of anilines is 1. The second kappa shape index (κ2) is 6.10. The second-order valence-corrected chi connectivity index (χ2v) is 3.70. The van der Waals surface area contributed by atoms with E-state index in [4.69, 9.17) is 0 Å². The third-order valence-corrected chi connectivity index (χ3v) is 2.23. The number of rotatable bonds is 4. The number of halogens is 1. The Morgan fingerprint density at radius 2 is 2.19 bits per heavy atom. The van der Waals surface area contributed by atoms with Gasteiger partial charge in [0.05, 0.1) is 0 Å². The molecule has 1 aromatic carbocycles. The van der Waals surface area contributed by atoms with E-state index in [1.165, 1.54) is 6.07 Å². The molecule has 1 rings (SSSR count). The molecule has 3 nitrogen and oxygen atoms in total. The Balaban J connectivity index is 2.46. The highest BCUT2D eigenvalue weighted by Crippen LogP contribution is 2.13. The molecule has 0 fully saturated rings. The van der Waals surface area contributed by atoms with Crippen LogP contribution in [0.4, 0.5) is 14.9 Å². The quantitative estimate of drug-likeness (QED) is 0.758. The van der Waals surface area contributed by atoms with Gasteiger partial charge in [-0.15, -0.1) is 0 Å². The zero-order valence-corrected chi connectivity index (χ0v) is 9.64. The molecule has 0 spiro atoms. The topological polar surface area (TPSA) is 41.1 Å². The Bertz CT molecular complexity index is 366. The van der Waals surface area contributed by atoms with E-state index in [2.05, 4.69) is 17.6 Å². The van der Waals surface area contributed by atoms with Gasteiger partial charge >= 0.3 is 6.03 Å². The predicted octanol–water partition coefficient (Wildman–Crippen LogP) is 3.06. The lowest BCUT2D eigenvalue weighted by Gasteiger charge is -2.07. The van der Waals surface area contributed by atoms with Crippen molar-refractivity contribution < 1.29 is 9.18 Å². The minimum atomic E-state index is -0.267. The number of carbonyl (C=O) groups is 1. The number of carbonyl (C=O) groups excluding carboxylic acids is 1. The Labute approximate surface area is 95.0 Å². The van der Waals surface area contributed by atoms with E-state index < -0.39 is 0 Å². The van der Waals surface area contributed by atoms with E-state index in [-0.39, 0.29) is 11.8 Å². The van der Waals surface area contributed by atoms with Crippen LogP contribution < -0.4 is 10.6 Å². The van der Waals surface area contributed by atoms with Gasteiger partial charge in [-0.1, -0.05) is 13.3 Å². The van der Waals surface area contributed by atoms with E-state index in [9.17, 15) is 9.18 Å². The molecule has 0 aliphatic rings. The lowest BCUT2D eigenvalue weighted by atomic mass is 10.2. The summed E-state index contributed by atoms with van der Waals surface area (Å²) in [6.45, 7) is 4.38. The van der Waals surface area contributed by atoms with Crippen LogP contribution in [-0.4, -0.2) is 12.6 Å². The van der Waals surface area contributed by atoms with Crippen LogP contribution in [0.15, 0.2) is 18.2 Å². The zero-order chi connectivity index (χ0) is 12.0. The van der Waals surface area contributed by atoms with Crippen LogP contribution in [0.1, 0.15) is 25.3 Å². The largest absolute Gasteiger partial charge is 0.338 e. The van der Waals surface area contributed by atoms with Crippen molar-refractivity contribution in [1.82, 2.24) is 5.32 Å². The first kappa shape index (κ1) is 12.5. The average molecular weight is 224 g/mol. The summed E-state index contributed by atoms with van der Waals surface area (Å²) in [4.78, 5) is 11.4. The van der Waals surface area contributed by atoms with Gasteiger partial charge in [0.2, 0.25) is 0 Å². The number of benzene rings is 1. The number of hydrogen-bond acceptors (Lipinski definition) is 1. The molecule has 0 saturated heterocycles. The minimum Gasteiger partial charge on any atom is -0.338 e. The van der Waals surface area contributed by atoms with Crippen LogP contribution in [0.3, 0.4) is 0 Å². The number of amides is 2. The van der Waals surface area contributed by atoms with Crippen molar-refractivity contribution in [2.75, 3.05) is 11.9 Å². The molecule has 2 N–H and O–H groups in total. The summed E-state index contributed by atoms with van der Waals surface area (Å²) in [5.74, 6) is -0.267. The average Bonchev–Trinajstić information content (AvgIpc) is 2.24. The fourth-order valence-electron chi connectivity index (χ4n) is 1.28. The van der Waals surface area contributed by atoms with Crippen molar-refractivity contribution in [2.45, 2.75) is 26.7 Å². The molecule has 0 atom stereocenters. The summed E-state index contributed by atoms with van der Waals surface area (Å²) < 4.78 is 13.0.